The number of rotatable bonds is 10. The van der Waals surface area contributed by atoms with Crippen molar-refractivity contribution in [2.75, 3.05) is 26.5 Å². The zero-order valence-corrected chi connectivity index (χ0v) is 18.5. The van der Waals surface area contributed by atoms with E-state index in [9.17, 15) is 18.3 Å². The summed E-state index contributed by atoms with van der Waals surface area (Å²) in [6.07, 6.45) is -1.00. The molecule has 0 aliphatic carbocycles. The summed E-state index contributed by atoms with van der Waals surface area (Å²) in [5.74, 6) is 1.32. The topological polar surface area (TPSA) is 123 Å². The quantitative estimate of drug-likeness (QED) is 0.411. The second-order valence-corrected chi connectivity index (χ2v) is 9.21. The van der Waals surface area contributed by atoms with Crippen LogP contribution >= 0.6 is 0 Å². The number of sulfonamides is 1. The summed E-state index contributed by atoms with van der Waals surface area (Å²) >= 11 is 0. The molecule has 0 spiro atoms. The van der Waals surface area contributed by atoms with Gasteiger partial charge < -0.3 is 24.6 Å². The molecule has 0 saturated carbocycles. The van der Waals surface area contributed by atoms with Crippen LogP contribution in [-0.4, -0.2) is 52.0 Å². The highest BCUT2D eigenvalue weighted by molar-refractivity contribution is 7.89. The number of ether oxygens (including phenoxy) is 3. The normalized spacial score (nSPS) is 13.6. The van der Waals surface area contributed by atoms with Crippen molar-refractivity contribution in [2.45, 2.75) is 17.4 Å². The average Bonchev–Trinajstić information content (AvgIpc) is 3.29. The third-order valence-corrected chi connectivity index (χ3v) is 6.46. The van der Waals surface area contributed by atoms with E-state index in [1.54, 1.807) is 30.3 Å². The van der Waals surface area contributed by atoms with Crippen LogP contribution in [0.25, 0.3) is 10.8 Å². The molecule has 33 heavy (non-hydrogen) atoms. The molecular weight excluding hydrogens is 448 g/mol. The number of hydrogen-bond acceptors (Lipinski definition) is 7. The van der Waals surface area contributed by atoms with Crippen LogP contribution < -0.4 is 24.2 Å². The summed E-state index contributed by atoms with van der Waals surface area (Å²) in [4.78, 5) is 12.2. The van der Waals surface area contributed by atoms with Crippen LogP contribution in [0.4, 0.5) is 0 Å². The number of carbonyl (C=O) groups is 1. The lowest BCUT2D eigenvalue weighted by atomic mass is 10.1. The average molecular weight is 473 g/mol. The van der Waals surface area contributed by atoms with E-state index in [1.165, 1.54) is 6.07 Å². The monoisotopic (exact) mass is 472 g/mol. The number of benzene rings is 3. The molecule has 174 valence electrons. The second kappa shape index (κ2) is 10.1. The first-order valence-corrected chi connectivity index (χ1v) is 11.8. The zero-order valence-electron chi connectivity index (χ0n) is 17.7. The minimum atomic E-state index is -3.74. The predicted molar refractivity (Wildman–Crippen MR) is 121 cm³/mol. The SMILES string of the molecule is O=C(CCNS(=O)(=O)c1ccc2ccccc2c1)NCC(O)COc1ccc2c(c1)OCO2. The van der Waals surface area contributed by atoms with E-state index in [4.69, 9.17) is 14.2 Å². The molecule has 9 nitrogen and oxygen atoms in total. The van der Waals surface area contributed by atoms with Gasteiger partial charge in [0.2, 0.25) is 22.7 Å². The maximum absolute atomic E-state index is 12.5. The van der Waals surface area contributed by atoms with Crippen LogP contribution in [0.2, 0.25) is 0 Å². The fourth-order valence-corrected chi connectivity index (χ4v) is 4.32. The summed E-state index contributed by atoms with van der Waals surface area (Å²) in [6.45, 7) is 0.0337. The number of amides is 1. The minimum absolute atomic E-state index is 0.0270. The van der Waals surface area contributed by atoms with E-state index >= 15 is 0 Å². The molecule has 10 heteroatoms. The Balaban J connectivity index is 1.18. The van der Waals surface area contributed by atoms with E-state index in [0.29, 0.717) is 17.2 Å². The van der Waals surface area contributed by atoms with Crippen molar-refractivity contribution in [1.29, 1.82) is 0 Å². The van der Waals surface area contributed by atoms with Crippen molar-refractivity contribution in [2.24, 2.45) is 0 Å². The number of nitrogens with one attached hydrogen (secondary N) is 2. The number of carbonyl (C=O) groups excluding carboxylic acids is 1. The summed E-state index contributed by atoms with van der Waals surface area (Å²) < 4.78 is 43.4. The minimum Gasteiger partial charge on any atom is -0.491 e. The van der Waals surface area contributed by atoms with Crippen molar-refractivity contribution in [3.8, 4) is 17.2 Å². The summed E-state index contributed by atoms with van der Waals surface area (Å²) in [5, 5.41) is 14.4. The predicted octanol–water partition coefficient (Wildman–Crippen LogP) is 1.79. The molecule has 1 heterocycles. The lowest BCUT2D eigenvalue weighted by Gasteiger charge is -2.14. The van der Waals surface area contributed by atoms with Crippen LogP contribution in [0, 0.1) is 0 Å². The molecule has 0 bridgehead atoms. The lowest BCUT2D eigenvalue weighted by Crippen LogP contribution is -2.37. The highest BCUT2D eigenvalue weighted by Crippen LogP contribution is 2.35. The molecule has 0 aromatic heterocycles. The van der Waals surface area contributed by atoms with Gasteiger partial charge in [0.05, 0.1) is 4.90 Å². The van der Waals surface area contributed by atoms with E-state index in [2.05, 4.69) is 10.0 Å². The molecule has 4 rings (SSSR count). The van der Waals surface area contributed by atoms with Crippen molar-refractivity contribution >= 4 is 26.7 Å². The fourth-order valence-electron chi connectivity index (χ4n) is 3.25. The van der Waals surface area contributed by atoms with Gasteiger partial charge in [-0.2, -0.15) is 0 Å². The van der Waals surface area contributed by atoms with Crippen LogP contribution in [0.1, 0.15) is 6.42 Å². The Morgan fingerprint density at radius 1 is 1.03 bits per heavy atom. The maximum atomic E-state index is 12.5. The Morgan fingerprint density at radius 2 is 1.82 bits per heavy atom. The number of fused-ring (bicyclic) bond motifs is 2. The van der Waals surface area contributed by atoms with E-state index in [1.807, 2.05) is 24.3 Å². The standard InChI is InChI=1S/C23H24N2O7S/c26-18(14-30-19-6-8-21-22(12-19)32-15-31-21)13-24-23(27)9-10-25-33(28,29)20-7-5-16-3-1-2-4-17(16)11-20/h1-8,11-12,18,25-26H,9-10,13-15H2,(H,24,27). The summed E-state index contributed by atoms with van der Waals surface area (Å²) in [7, 11) is -3.74. The first kappa shape index (κ1) is 22.8. The molecule has 1 amide bonds. The van der Waals surface area contributed by atoms with Crippen molar-refractivity contribution in [3.63, 3.8) is 0 Å². The Hall–Kier alpha value is -3.34. The molecule has 0 radical (unpaired) electrons. The van der Waals surface area contributed by atoms with Crippen LogP contribution in [-0.2, 0) is 14.8 Å². The second-order valence-electron chi connectivity index (χ2n) is 7.44. The molecular formula is C23H24N2O7S. The summed E-state index contributed by atoms with van der Waals surface area (Å²) in [5.41, 5.74) is 0. The van der Waals surface area contributed by atoms with Gasteiger partial charge in [-0.05, 0) is 35.0 Å². The van der Waals surface area contributed by atoms with Crippen molar-refractivity contribution in [3.05, 3.63) is 60.7 Å². The summed E-state index contributed by atoms with van der Waals surface area (Å²) in [6, 6.07) is 17.4. The van der Waals surface area contributed by atoms with E-state index in [-0.39, 0.29) is 37.8 Å². The Morgan fingerprint density at radius 3 is 2.67 bits per heavy atom. The van der Waals surface area contributed by atoms with Crippen LogP contribution in [0.3, 0.4) is 0 Å². The number of aliphatic hydroxyl groups excluding tert-OH is 1. The molecule has 1 atom stereocenters. The van der Waals surface area contributed by atoms with Gasteiger partial charge in [0.1, 0.15) is 18.5 Å². The van der Waals surface area contributed by atoms with Gasteiger partial charge in [-0.3, -0.25) is 4.79 Å². The van der Waals surface area contributed by atoms with Crippen molar-refractivity contribution in [1.82, 2.24) is 10.0 Å². The molecule has 3 aromatic carbocycles. The highest BCUT2D eigenvalue weighted by Gasteiger charge is 2.16. The third kappa shape index (κ3) is 5.92. The zero-order chi connectivity index (χ0) is 23.3. The van der Waals surface area contributed by atoms with Crippen molar-refractivity contribution < 1.29 is 32.5 Å². The van der Waals surface area contributed by atoms with Gasteiger partial charge in [-0.15, -0.1) is 0 Å². The fraction of sp³-hybridized carbons (Fsp3) is 0.261. The highest BCUT2D eigenvalue weighted by atomic mass is 32.2. The lowest BCUT2D eigenvalue weighted by molar-refractivity contribution is -0.121. The first-order valence-electron chi connectivity index (χ1n) is 10.4. The molecule has 0 saturated heterocycles. The first-order chi connectivity index (χ1) is 15.9. The van der Waals surface area contributed by atoms with Gasteiger partial charge in [-0.25, -0.2) is 13.1 Å². The van der Waals surface area contributed by atoms with Gasteiger partial charge in [0, 0.05) is 25.6 Å². The maximum Gasteiger partial charge on any atom is 0.240 e. The van der Waals surface area contributed by atoms with E-state index < -0.39 is 22.0 Å². The van der Waals surface area contributed by atoms with Gasteiger partial charge >= 0.3 is 0 Å². The number of aliphatic hydroxyl groups is 1. The molecule has 3 N–H and O–H groups in total. The van der Waals surface area contributed by atoms with Gasteiger partial charge in [0.25, 0.3) is 0 Å². The molecule has 1 aliphatic heterocycles. The number of hydrogen-bond donors (Lipinski definition) is 3. The van der Waals surface area contributed by atoms with Gasteiger partial charge in [-0.1, -0.05) is 30.3 Å². The molecule has 0 fully saturated rings. The van der Waals surface area contributed by atoms with Gasteiger partial charge in [0.15, 0.2) is 11.5 Å². The smallest absolute Gasteiger partial charge is 0.240 e. The molecule has 3 aromatic rings. The molecule has 1 aliphatic rings. The third-order valence-electron chi connectivity index (χ3n) is 5.00. The Kier molecular flexibility index (Phi) is 6.97. The largest absolute Gasteiger partial charge is 0.491 e. The van der Waals surface area contributed by atoms with Crippen LogP contribution in [0.5, 0.6) is 17.2 Å². The molecule has 1 unspecified atom stereocenters. The van der Waals surface area contributed by atoms with Crippen LogP contribution in [0.15, 0.2) is 65.6 Å². The van der Waals surface area contributed by atoms with E-state index in [0.717, 1.165) is 10.8 Å². The Bertz CT molecular complexity index is 1250. The Labute approximate surface area is 191 Å².